The monoisotopic (exact) mass is 363 g/mol. The van der Waals surface area contributed by atoms with Crippen LogP contribution in [-0.2, 0) is 18.3 Å². The van der Waals surface area contributed by atoms with Crippen molar-refractivity contribution in [3.63, 3.8) is 0 Å². The van der Waals surface area contributed by atoms with Gasteiger partial charge in [-0.1, -0.05) is 18.2 Å². The first-order chi connectivity index (χ1) is 13.3. The lowest BCUT2D eigenvalue weighted by atomic mass is 10.1. The van der Waals surface area contributed by atoms with Gasteiger partial charge in [0.1, 0.15) is 5.82 Å². The van der Waals surface area contributed by atoms with Crippen molar-refractivity contribution >= 4 is 16.6 Å². The van der Waals surface area contributed by atoms with Gasteiger partial charge >= 0.3 is 0 Å². The van der Waals surface area contributed by atoms with E-state index < -0.39 is 0 Å². The summed E-state index contributed by atoms with van der Waals surface area (Å²) in [5, 5.41) is 1.23. The summed E-state index contributed by atoms with van der Waals surface area (Å²) >= 11 is 0. The molecule has 2 atom stereocenters. The van der Waals surface area contributed by atoms with Crippen molar-refractivity contribution in [1.82, 2.24) is 19.4 Å². The Hall–Kier alpha value is -2.44. The fraction of sp³-hybridized carbons (Fsp3) is 0.429. The molecule has 2 aliphatic heterocycles. The first-order valence-corrected chi connectivity index (χ1v) is 9.64. The number of anilines is 1. The average Bonchev–Trinajstić information content (AvgIpc) is 2.88. The molecule has 5 rings (SSSR count). The predicted octanol–water partition coefficient (Wildman–Crippen LogP) is 2.31. The average molecular weight is 363 g/mol. The Balaban J connectivity index is 1.46. The Morgan fingerprint density at radius 1 is 1.04 bits per heavy atom. The number of aromatic nitrogens is 3. The topological polar surface area (TPSA) is 46.4 Å². The Kier molecular flexibility index (Phi) is 4.30. The third-order valence-corrected chi connectivity index (χ3v) is 5.81. The van der Waals surface area contributed by atoms with E-state index in [2.05, 4.69) is 61.7 Å². The van der Waals surface area contributed by atoms with Crippen LogP contribution < -0.4 is 4.90 Å². The minimum absolute atomic E-state index is 0.362. The second kappa shape index (κ2) is 6.94. The number of para-hydroxylation sites is 1. The Morgan fingerprint density at radius 3 is 2.85 bits per heavy atom. The highest BCUT2D eigenvalue weighted by molar-refractivity contribution is 5.91. The maximum Gasteiger partial charge on any atom is 0.122 e. The van der Waals surface area contributed by atoms with E-state index in [1.54, 1.807) is 0 Å². The van der Waals surface area contributed by atoms with Gasteiger partial charge in [0.05, 0.1) is 31.3 Å². The zero-order valence-electron chi connectivity index (χ0n) is 15.7. The summed E-state index contributed by atoms with van der Waals surface area (Å²) in [6, 6.07) is 10.9. The number of imidazole rings is 1. The number of fused-ring (bicyclic) bond motifs is 4. The van der Waals surface area contributed by atoms with E-state index in [1.165, 1.54) is 11.1 Å². The van der Waals surface area contributed by atoms with Crippen molar-refractivity contribution in [3.05, 3.63) is 54.7 Å². The number of nitrogens with zero attached hydrogens (tertiary/aromatic N) is 5. The molecule has 6 nitrogen and oxygen atoms in total. The van der Waals surface area contributed by atoms with E-state index >= 15 is 0 Å². The number of pyridine rings is 1. The molecule has 0 radical (unpaired) electrons. The summed E-state index contributed by atoms with van der Waals surface area (Å²) in [7, 11) is 2.07. The van der Waals surface area contributed by atoms with Gasteiger partial charge in [0.15, 0.2) is 0 Å². The van der Waals surface area contributed by atoms with Gasteiger partial charge < -0.3 is 14.2 Å². The largest absolute Gasteiger partial charge is 0.379 e. The quantitative estimate of drug-likeness (QED) is 0.715. The Morgan fingerprint density at radius 2 is 1.96 bits per heavy atom. The van der Waals surface area contributed by atoms with Gasteiger partial charge in [-0.05, 0) is 12.1 Å². The maximum atomic E-state index is 6.00. The first kappa shape index (κ1) is 16.7. The molecule has 0 spiro atoms. The van der Waals surface area contributed by atoms with Crippen molar-refractivity contribution in [2.24, 2.45) is 13.0 Å². The van der Waals surface area contributed by atoms with Gasteiger partial charge in [-0.25, -0.2) is 4.98 Å². The molecule has 2 fully saturated rings. The normalized spacial score (nSPS) is 23.5. The van der Waals surface area contributed by atoms with Crippen LogP contribution in [0.15, 0.2) is 48.9 Å². The number of hydrogen-bond acceptors (Lipinski definition) is 5. The molecular formula is C21H25N5O. The van der Waals surface area contributed by atoms with Gasteiger partial charge in [0, 0.05) is 62.3 Å². The minimum Gasteiger partial charge on any atom is -0.379 e. The van der Waals surface area contributed by atoms with Gasteiger partial charge in [-0.15, -0.1) is 0 Å². The van der Waals surface area contributed by atoms with Gasteiger partial charge in [0.2, 0.25) is 0 Å². The molecule has 2 bridgehead atoms. The highest BCUT2D eigenvalue weighted by Crippen LogP contribution is 2.30. The summed E-state index contributed by atoms with van der Waals surface area (Å²) in [6.45, 7) is 5.51. The van der Waals surface area contributed by atoms with Crippen molar-refractivity contribution in [2.45, 2.75) is 12.6 Å². The molecule has 140 valence electrons. The van der Waals surface area contributed by atoms with Gasteiger partial charge in [-0.3, -0.25) is 9.88 Å². The van der Waals surface area contributed by atoms with Crippen molar-refractivity contribution in [2.75, 3.05) is 37.7 Å². The first-order valence-electron chi connectivity index (χ1n) is 9.64. The molecule has 2 aromatic heterocycles. The zero-order chi connectivity index (χ0) is 18.2. The van der Waals surface area contributed by atoms with E-state index in [0.29, 0.717) is 12.0 Å². The fourth-order valence-electron chi connectivity index (χ4n) is 4.41. The highest BCUT2D eigenvalue weighted by Gasteiger charge is 2.34. The molecule has 2 saturated heterocycles. The Bertz CT molecular complexity index is 934. The van der Waals surface area contributed by atoms with Crippen LogP contribution in [0.25, 0.3) is 10.9 Å². The Labute approximate surface area is 159 Å². The molecule has 27 heavy (non-hydrogen) atoms. The molecule has 0 unspecified atom stereocenters. The molecule has 0 aliphatic carbocycles. The van der Waals surface area contributed by atoms with Crippen molar-refractivity contribution < 1.29 is 4.74 Å². The van der Waals surface area contributed by atoms with Crippen LogP contribution in [0.1, 0.15) is 5.82 Å². The summed E-state index contributed by atoms with van der Waals surface area (Å²) in [5.41, 5.74) is 2.35. The summed E-state index contributed by atoms with van der Waals surface area (Å²) in [5.74, 6) is 1.60. The molecule has 3 aromatic rings. The molecule has 0 saturated carbocycles. The number of rotatable bonds is 3. The summed E-state index contributed by atoms with van der Waals surface area (Å²) in [4.78, 5) is 14.2. The predicted molar refractivity (Wildman–Crippen MR) is 106 cm³/mol. The molecular weight excluding hydrogens is 338 g/mol. The summed E-state index contributed by atoms with van der Waals surface area (Å²) in [6.07, 6.45) is 5.83. The lowest BCUT2D eigenvalue weighted by Gasteiger charge is -2.33. The standard InChI is InChI=1S/C21H25N5O/c1-24-9-8-23-21(24)13-25-10-16-11-26(12-17(25)15-27-14-16)20-6-7-22-19-5-3-2-4-18(19)20/h2-9,16-17H,10-15H2,1H3/t16-,17+/m1/s1. The van der Waals surface area contributed by atoms with E-state index in [-0.39, 0.29) is 0 Å². The number of benzene rings is 1. The van der Waals surface area contributed by atoms with Crippen LogP contribution in [0.2, 0.25) is 0 Å². The third-order valence-electron chi connectivity index (χ3n) is 5.81. The van der Waals surface area contributed by atoms with Crippen molar-refractivity contribution in [3.8, 4) is 0 Å². The third kappa shape index (κ3) is 3.19. The second-order valence-electron chi connectivity index (χ2n) is 7.69. The smallest absolute Gasteiger partial charge is 0.122 e. The van der Waals surface area contributed by atoms with Gasteiger partial charge in [-0.2, -0.15) is 0 Å². The van der Waals surface area contributed by atoms with E-state index in [0.717, 1.165) is 50.7 Å². The lowest BCUT2D eigenvalue weighted by molar-refractivity contribution is 0.0866. The molecule has 6 heteroatoms. The van der Waals surface area contributed by atoms with Crippen LogP contribution in [0.3, 0.4) is 0 Å². The zero-order valence-corrected chi connectivity index (χ0v) is 15.7. The lowest BCUT2D eigenvalue weighted by Crippen LogP contribution is -2.44. The summed E-state index contributed by atoms with van der Waals surface area (Å²) < 4.78 is 8.12. The second-order valence-corrected chi connectivity index (χ2v) is 7.69. The molecule has 0 N–H and O–H groups in total. The van der Waals surface area contributed by atoms with Crippen LogP contribution >= 0.6 is 0 Å². The van der Waals surface area contributed by atoms with Crippen molar-refractivity contribution in [1.29, 1.82) is 0 Å². The fourth-order valence-corrected chi connectivity index (χ4v) is 4.41. The SMILES string of the molecule is Cn1ccnc1CN1C[C@H]2COC[C@@H]1CN(c1ccnc3ccccc13)C2. The molecule has 0 amide bonds. The highest BCUT2D eigenvalue weighted by atomic mass is 16.5. The minimum atomic E-state index is 0.362. The maximum absolute atomic E-state index is 6.00. The van der Waals surface area contributed by atoms with Crippen LogP contribution in [0, 0.1) is 5.92 Å². The van der Waals surface area contributed by atoms with Crippen LogP contribution in [0.4, 0.5) is 5.69 Å². The van der Waals surface area contributed by atoms with E-state index in [4.69, 9.17) is 4.74 Å². The van der Waals surface area contributed by atoms with E-state index in [1.807, 2.05) is 18.6 Å². The number of hydrogen-bond donors (Lipinski definition) is 0. The molecule has 4 heterocycles. The molecule has 2 aliphatic rings. The molecule has 1 aromatic carbocycles. The van der Waals surface area contributed by atoms with E-state index in [9.17, 15) is 0 Å². The number of ether oxygens (including phenoxy) is 1. The van der Waals surface area contributed by atoms with Crippen LogP contribution in [0.5, 0.6) is 0 Å². The number of aryl methyl sites for hydroxylation is 1. The van der Waals surface area contributed by atoms with Gasteiger partial charge in [0.25, 0.3) is 0 Å². The van der Waals surface area contributed by atoms with Crippen LogP contribution in [-0.4, -0.2) is 58.3 Å².